The van der Waals surface area contributed by atoms with Gasteiger partial charge >= 0.3 is 0 Å². The van der Waals surface area contributed by atoms with Gasteiger partial charge in [0.25, 0.3) is 0 Å². The highest BCUT2D eigenvalue weighted by Crippen LogP contribution is 2.66. The molecule has 0 bridgehead atoms. The highest BCUT2D eigenvalue weighted by Gasteiger charge is 2.58. The Morgan fingerprint density at radius 2 is 1.62 bits per heavy atom. The summed E-state index contributed by atoms with van der Waals surface area (Å²) in [5, 5.41) is 0. The molecule has 2 aliphatic rings. The molecule has 0 heterocycles. The van der Waals surface area contributed by atoms with Crippen molar-refractivity contribution in [3.63, 3.8) is 0 Å². The molecule has 0 heteroatoms. The van der Waals surface area contributed by atoms with Crippen LogP contribution in [0.4, 0.5) is 0 Å². The number of hydrogen-bond donors (Lipinski definition) is 0. The third kappa shape index (κ3) is 0.375. The second-order valence-corrected chi connectivity index (χ2v) is 3.97. The standard InChI is InChI=1S/C8H14/c1-8(2)6-4-3-5-7(6)8/h6-7H,3-5H2,1-2H3/t6-,7+. The van der Waals surface area contributed by atoms with E-state index in [1.54, 1.807) is 0 Å². The molecule has 8 heavy (non-hydrogen) atoms. The van der Waals surface area contributed by atoms with Crippen LogP contribution in [0.2, 0.25) is 0 Å². The molecular formula is C8H14. The van der Waals surface area contributed by atoms with E-state index in [1.807, 2.05) is 0 Å². The van der Waals surface area contributed by atoms with E-state index in [2.05, 4.69) is 13.8 Å². The van der Waals surface area contributed by atoms with Crippen molar-refractivity contribution < 1.29 is 0 Å². The van der Waals surface area contributed by atoms with Gasteiger partial charge in [0.1, 0.15) is 0 Å². The van der Waals surface area contributed by atoms with Crippen LogP contribution in [0.25, 0.3) is 0 Å². The van der Waals surface area contributed by atoms with Gasteiger partial charge in [-0.25, -0.2) is 0 Å². The van der Waals surface area contributed by atoms with E-state index in [4.69, 9.17) is 0 Å². The molecule has 2 saturated carbocycles. The lowest BCUT2D eigenvalue weighted by molar-refractivity contribution is 0.465. The minimum Gasteiger partial charge on any atom is -0.0594 e. The zero-order chi connectivity index (χ0) is 5.78. The Morgan fingerprint density at radius 1 is 1.12 bits per heavy atom. The maximum absolute atomic E-state index is 2.42. The average Bonchev–Trinajstić information content (AvgIpc) is 2.22. The number of hydrogen-bond acceptors (Lipinski definition) is 0. The minimum absolute atomic E-state index is 0.762. The van der Waals surface area contributed by atoms with Crippen LogP contribution in [0.5, 0.6) is 0 Å². The molecule has 2 aliphatic carbocycles. The Labute approximate surface area is 51.3 Å². The van der Waals surface area contributed by atoms with Crippen LogP contribution in [0.3, 0.4) is 0 Å². The van der Waals surface area contributed by atoms with Crippen molar-refractivity contribution in [3.05, 3.63) is 0 Å². The van der Waals surface area contributed by atoms with Gasteiger partial charge in [0.15, 0.2) is 0 Å². The summed E-state index contributed by atoms with van der Waals surface area (Å²) in [5.74, 6) is 2.25. The third-order valence-electron chi connectivity index (χ3n) is 3.32. The van der Waals surface area contributed by atoms with Gasteiger partial charge < -0.3 is 0 Å². The highest BCUT2D eigenvalue weighted by molar-refractivity contribution is 5.07. The van der Waals surface area contributed by atoms with E-state index in [-0.39, 0.29) is 0 Å². The summed E-state index contributed by atoms with van der Waals surface area (Å²) in [6.07, 6.45) is 4.56. The fourth-order valence-corrected chi connectivity index (χ4v) is 2.56. The predicted molar refractivity (Wildman–Crippen MR) is 34.6 cm³/mol. The zero-order valence-corrected chi connectivity index (χ0v) is 5.78. The smallest absolute Gasteiger partial charge is 0.0292 e. The molecule has 2 atom stereocenters. The highest BCUT2D eigenvalue weighted by atomic mass is 14.6. The first-order valence-corrected chi connectivity index (χ1v) is 3.73. The summed E-state index contributed by atoms with van der Waals surface area (Å²) in [5.41, 5.74) is 0.762. The molecule has 2 fully saturated rings. The average molecular weight is 110 g/mol. The summed E-state index contributed by atoms with van der Waals surface area (Å²) in [4.78, 5) is 0. The van der Waals surface area contributed by atoms with Crippen LogP contribution < -0.4 is 0 Å². The molecule has 0 nitrogen and oxygen atoms in total. The first-order chi connectivity index (χ1) is 3.73. The van der Waals surface area contributed by atoms with Crippen molar-refractivity contribution in [2.24, 2.45) is 17.3 Å². The molecule has 0 N–H and O–H groups in total. The molecule has 0 saturated heterocycles. The van der Waals surface area contributed by atoms with E-state index in [0.717, 1.165) is 17.3 Å². The normalized spacial score (nSPS) is 48.8. The molecule has 2 rings (SSSR count). The van der Waals surface area contributed by atoms with Gasteiger partial charge in [-0.15, -0.1) is 0 Å². The Kier molecular flexibility index (Phi) is 0.678. The Hall–Kier alpha value is 0. The van der Waals surface area contributed by atoms with Crippen molar-refractivity contribution in [1.29, 1.82) is 0 Å². The first kappa shape index (κ1) is 4.84. The topological polar surface area (TPSA) is 0 Å². The Balaban J connectivity index is 2.13. The maximum Gasteiger partial charge on any atom is -0.0292 e. The largest absolute Gasteiger partial charge is 0.0594 e. The molecule has 0 aromatic carbocycles. The Bertz CT molecular complexity index is 101. The lowest BCUT2D eigenvalue weighted by Crippen LogP contribution is -1.94. The molecular weight excluding hydrogens is 96.1 g/mol. The van der Waals surface area contributed by atoms with Crippen LogP contribution in [0.1, 0.15) is 33.1 Å². The second-order valence-electron chi connectivity index (χ2n) is 3.97. The quantitative estimate of drug-likeness (QED) is 0.449. The van der Waals surface area contributed by atoms with Crippen LogP contribution in [-0.2, 0) is 0 Å². The van der Waals surface area contributed by atoms with Crippen molar-refractivity contribution in [2.45, 2.75) is 33.1 Å². The van der Waals surface area contributed by atoms with Gasteiger partial charge in [-0.3, -0.25) is 0 Å². The monoisotopic (exact) mass is 110 g/mol. The van der Waals surface area contributed by atoms with Crippen molar-refractivity contribution in [2.75, 3.05) is 0 Å². The predicted octanol–water partition coefficient (Wildman–Crippen LogP) is 2.44. The van der Waals surface area contributed by atoms with Crippen molar-refractivity contribution in [1.82, 2.24) is 0 Å². The van der Waals surface area contributed by atoms with E-state index in [0.29, 0.717) is 0 Å². The van der Waals surface area contributed by atoms with Gasteiger partial charge in [0.2, 0.25) is 0 Å². The molecule has 0 amide bonds. The SMILES string of the molecule is CC1(C)[C@@H]2CCC[C@@H]21. The fraction of sp³-hybridized carbons (Fsp3) is 1.00. The van der Waals surface area contributed by atoms with E-state index in [9.17, 15) is 0 Å². The summed E-state index contributed by atoms with van der Waals surface area (Å²) in [6, 6.07) is 0. The third-order valence-corrected chi connectivity index (χ3v) is 3.32. The fourth-order valence-electron chi connectivity index (χ4n) is 2.56. The van der Waals surface area contributed by atoms with Crippen LogP contribution in [-0.4, -0.2) is 0 Å². The summed E-state index contributed by atoms with van der Waals surface area (Å²) in [7, 11) is 0. The van der Waals surface area contributed by atoms with Crippen LogP contribution in [0, 0.1) is 17.3 Å². The van der Waals surface area contributed by atoms with Crippen molar-refractivity contribution >= 4 is 0 Å². The summed E-state index contributed by atoms with van der Waals surface area (Å²) < 4.78 is 0. The van der Waals surface area contributed by atoms with Gasteiger partial charge in [0, 0.05) is 0 Å². The molecule has 0 aromatic heterocycles. The van der Waals surface area contributed by atoms with Gasteiger partial charge in [0.05, 0.1) is 0 Å². The van der Waals surface area contributed by atoms with Gasteiger partial charge in [-0.05, 0) is 30.1 Å². The van der Waals surface area contributed by atoms with Crippen molar-refractivity contribution in [3.8, 4) is 0 Å². The minimum atomic E-state index is 0.762. The van der Waals surface area contributed by atoms with E-state index in [1.165, 1.54) is 19.3 Å². The first-order valence-electron chi connectivity index (χ1n) is 3.73. The lowest BCUT2D eigenvalue weighted by atomic mass is 10.0. The molecule has 0 aromatic rings. The lowest BCUT2D eigenvalue weighted by Gasteiger charge is -2.04. The summed E-state index contributed by atoms with van der Waals surface area (Å²) in [6.45, 7) is 4.84. The number of fused-ring (bicyclic) bond motifs is 1. The van der Waals surface area contributed by atoms with Gasteiger partial charge in [-0.2, -0.15) is 0 Å². The number of rotatable bonds is 0. The van der Waals surface area contributed by atoms with E-state index < -0.39 is 0 Å². The van der Waals surface area contributed by atoms with Gasteiger partial charge in [-0.1, -0.05) is 20.3 Å². The maximum atomic E-state index is 2.42. The second kappa shape index (κ2) is 1.12. The molecule has 46 valence electrons. The molecule has 0 radical (unpaired) electrons. The Morgan fingerprint density at radius 3 is 1.88 bits per heavy atom. The van der Waals surface area contributed by atoms with Crippen LogP contribution >= 0.6 is 0 Å². The zero-order valence-electron chi connectivity index (χ0n) is 5.78. The molecule has 0 unspecified atom stereocenters. The molecule has 0 aliphatic heterocycles. The summed E-state index contributed by atoms with van der Waals surface area (Å²) >= 11 is 0. The van der Waals surface area contributed by atoms with E-state index >= 15 is 0 Å². The van der Waals surface area contributed by atoms with Crippen LogP contribution in [0.15, 0.2) is 0 Å². The molecule has 0 spiro atoms.